The van der Waals surface area contributed by atoms with Gasteiger partial charge in [0.15, 0.2) is 0 Å². The number of hydrogen-bond donors (Lipinski definition) is 1. The van der Waals surface area contributed by atoms with Crippen LogP contribution in [0.1, 0.15) is 6.42 Å². The van der Waals surface area contributed by atoms with Crippen LogP contribution in [0.25, 0.3) is 0 Å². The molecule has 0 aromatic carbocycles. The number of rotatable bonds is 4. The van der Waals surface area contributed by atoms with E-state index in [9.17, 15) is 0 Å². The van der Waals surface area contributed by atoms with Crippen molar-refractivity contribution in [2.45, 2.75) is 6.42 Å². The van der Waals surface area contributed by atoms with Crippen molar-refractivity contribution >= 4 is 0 Å². The van der Waals surface area contributed by atoms with Crippen LogP contribution in [0.2, 0.25) is 0 Å². The van der Waals surface area contributed by atoms with Crippen molar-refractivity contribution in [3.8, 4) is 0 Å². The van der Waals surface area contributed by atoms with Crippen LogP contribution in [0.5, 0.6) is 0 Å². The van der Waals surface area contributed by atoms with Crippen molar-refractivity contribution < 1.29 is 4.74 Å². The average molecular weight is 158 g/mol. The molecule has 0 unspecified atom stereocenters. The van der Waals surface area contributed by atoms with Gasteiger partial charge in [-0.1, -0.05) is 0 Å². The Morgan fingerprint density at radius 2 is 2.09 bits per heavy atom. The predicted octanol–water partition coefficient (Wildman–Crippen LogP) is -0.0866. The number of nitrogens with two attached hydrogens (primary N) is 1. The highest BCUT2D eigenvalue weighted by Crippen LogP contribution is 2.29. The summed E-state index contributed by atoms with van der Waals surface area (Å²) in [7, 11) is 4.17. The topological polar surface area (TPSA) is 38.5 Å². The van der Waals surface area contributed by atoms with Crippen LogP contribution in [0.4, 0.5) is 0 Å². The Kier molecular flexibility index (Phi) is 2.87. The van der Waals surface area contributed by atoms with E-state index in [1.165, 1.54) is 0 Å². The zero-order chi connectivity index (χ0) is 8.32. The summed E-state index contributed by atoms with van der Waals surface area (Å²) in [6.07, 6.45) is 1.16. The molecule has 1 aliphatic heterocycles. The molecule has 1 fully saturated rings. The Morgan fingerprint density at radius 1 is 1.45 bits per heavy atom. The van der Waals surface area contributed by atoms with E-state index in [1.54, 1.807) is 0 Å². The zero-order valence-electron chi connectivity index (χ0n) is 7.47. The van der Waals surface area contributed by atoms with E-state index in [2.05, 4.69) is 19.0 Å². The summed E-state index contributed by atoms with van der Waals surface area (Å²) in [4.78, 5) is 2.19. The molecule has 1 heterocycles. The number of nitrogens with zero attached hydrogens (tertiary/aromatic N) is 1. The van der Waals surface area contributed by atoms with Gasteiger partial charge in [0, 0.05) is 12.0 Å². The van der Waals surface area contributed by atoms with E-state index in [1.807, 2.05) is 0 Å². The molecule has 3 heteroatoms. The second-order valence-corrected chi connectivity index (χ2v) is 3.75. The predicted molar refractivity (Wildman–Crippen MR) is 45.5 cm³/mol. The minimum absolute atomic E-state index is 0.310. The van der Waals surface area contributed by atoms with Gasteiger partial charge in [-0.2, -0.15) is 0 Å². The van der Waals surface area contributed by atoms with E-state index >= 15 is 0 Å². The first-order valence-corrected chi connectivity index (χ1v) is 4.11. The average Bonchev–Trinajstić information content (AvgIpc) is 1.86. The van der Waals surface area contributed by atoms with Gasteiger partial charge in [0.2, 0.25) is 0 Å². The Labute approximate surface area is 68.5 Å². The summed E-state index contributed by atoms with van der Waals surface area (Å²) in [6.45, 7) is 3.59. The van der Waals surface area contributed by atoms with E-state index in [4.69, 9.17) is 10.5 Å². The van der Waals surface area contributed by atoms with Gasteiger partial charge in [0.1, 0.15) is 0 Å². The normalized spacial score (nSPS) is 21.8. The molecule has 0 atom stereocenters. The fraction of sp³-hybridized carbons (Fsp3) is 1.00. The van der Waals surface area contributed by atoms with Crippen molar-refractivity contribution in [3.63, 3.8) is 0 Å². The van der Waals surface area contributed by atoms with Gasteiger partial charge in [0.05, 0.1) is 13.2 Å². The lowest BCUT2D eigenvalue weighted by Gasteiger charge is -2.41. The third-order valence-electron chi connectivity index (χ3n) is 2.34. The van der Waals surface area contributed by atoms with E-state index in [0.717, 1.165) is 32.7 Å². The monoisotopic (exact) mass is 158 g/mol. The minimum Gasteiger partial charge on any atom is -0.380 e. The van der Waals surface area contributed by atoms with Crippen molar-refractivity contribution in [3.05, 3.63) is 0 Å². The summed E-state index contributed by atoms with van der Waals surface area (Å²) in [5.41, 5.74) is 5.97. The minimum atomic E-state index is 0.310. The van der Waals surface area contributed by atoms with E-state index < -0.39 is 0 Å². The first-order chi connectivity index (χ1) is 5.18. The Morgan fingerprint density at radius 3 is 2.36 bits per heavy atom. The molecular weight excluding hydrogens is 140 g/mol. The van der Waals surface area contributed by atoms with Gasteiger partial charge in [-0.15, -0.1) is 0 Å². The van der Waals surface area contributed by atoms with Gasteiger partial charge < -0.3 is 15.4 Å². The maximum absolute atomic E-state index is 5.66. The van der Waals surface area contributed by atoms with Gasteiger partial charge in [-0.05, 0) is 27.1 Å². The zero-order valence-corrected chi connectivity index (χ0v) is 7.47. The Hall–Kier alpha value is -0.120. The van der Waals surface area contributed by atoms with Crippen molar-refractivity contribution in [2.75, 3.05) is 40.4 Å². The lowest BCUT2D eigenvalue weighted by Crippen LogP contribution is -2.49. The molecule has 66 valence electrons. The van der Waals surface area contributed by atoms with Gasteiger partial charge in [-0.3, -0.25) is 0 Å². The standard InChI is InChI=1S/C8H18N2O/c1-10(2)4-3-8(5-9)6-11-7-8/h3-7,9H2,1-2H3. The van der Waals surface area contributed by atoms with Crippen LogP contribution in [0.3, 0.4) is 0 Å². The van der Waals surface area contributed by atoms with Crippen LogP contribution in [0.15, 0.2) is 0 Å². The highest BCUT2D eigenvalue weighted by molar-refractivity contribution is 4.86. The largest absolute Gasteiger partial charge is 0.380 e. The molecule has 0 bridgehead atoms. The molecule has 11 heavy (non-hydrogen) atoms. The van der Waals surface area contributed by atoms with Crippen LogP contribution >= 0.6 is 0 Å². The molecule has 1 aliphatic rings. The molecule has 0 aliphatic carbocycles. The molecule has 1 rings (SSSR count). The summed E-state index contributed by atoms with van der Waals surface area (Å²) in [5, 5.41) is 0. The number of hydrogen-bond acceptors (Lipinski definition) is 3. The van der Waals surface area contributed by atoms with Gasteiger partial charge >= 0.3 is 0 Å². The van der Waals surface area contributed by atoms with Crippen LogP contribution < -0.4 is 5.73 Å². The van der Waals surface area contributed by atoms with Crippen LogP contribution in [-0.2, 0) is 4.74 Å². The van der Waals surface area contributed by atoms with E-state index in [0.29, 0.717) is 5.41 Å². The van der Waals surface area contributed by atoms with Gasteiger partial charge in [-0.25, -0.2) is 0 Å². The smallest absolute Gasteiger partial charge is 0.0557 e. The molecular formula is C8H18N2O. The molecule has 0 saturated carbocycles. The molecule has 0 aromatic rings. The molecule has 3 nitrogen and oxygen atoms in total. The van der Waals surface area contributed by atoms with Gasteiger partial charge in [0.25, 0.3) is 0 Å². The summed E-state index contributed by atoms with van der Waals surface area (Å²) in [5.74, 6) is 0. The second kappa shape index (κ2) is 3.52. The molecule has 2 N–H and O–H groups in total. The molecule has 0 radical (unpaired) electrons. The highest BCUT2D eigenvalue weighted by atomic mass is 16.5. The Balaban J connectivity index is 2.22. The van der Waals surface area contributed by atoms with Crippen molar-refractivity contribution in [1.82, 2.24) is 4.90 Å². The van der Waals surface area contributed by atoms with E-state index in [-0.39, 0.29) is 0 Å². The van der Waals surface area contributed by atoms with Crippen molar-refractivity contribution in [1.29, 1.82) is 0 Å². The fourth-order valence-corrected chi connectivity index (χ4v) is 1.22. The second-order valence-electron chi connectivity index (χ2n) is 3.75. The molecule has 1 saturated heterocycles. The molecule has 0 spiro atoms. The quantitative estimate of drug-likeness (QED) is 0.621. The molecule has 0 amide bonds. The SMILES string of the molecule is CN(C)CCC1(CN)COC1. The third-order valence-corrected chi connectivity index (χ3v) is 2.34. The summed E-state index contributed by atoms with van der Waals surface area (Å²) in [6, 6.07) is 0. The lowest BCUT2D eigenvalue weighted by atomic mass is 9.82. The summed E-state index contributed by atoms with van der Waals surface area (Å²) >= 11 is 0. The first kappa shape index (κ1) is 8.97. The lowest BCUT2D eigenvalue weighted by molar-refractivity contribution is -0.113. The maximum atomic E-state index is 5.66. The molecule has 0 aromatic heterocycles. The van der Waals surface area contributed by atoms with Crippen LogP contribution in [-0.4, -0.2) is 45.3 Å². The Bertz CT molecular complexity index is 116. The first-order valence-electron chi connectivity index (χ1n) is 4.11. The summed E-state index contributed by atoms with van der Waals surface area (Å²) < 4.78 is 5.16. The number of ether oxygens (including phenoxy) is 1. The highest BCUT2D eigenvalue weighted by Gasteiger charge is 2.36. The third kappa shape index (κ3) is 2.15. The fourth-order valence-electron chi connectivity index (χ4n) is 1.22. The van der Waals surface area contributed by atoms with Crippen molar-refractivity contribution in [2.24, 2.45) is 11.1 Å². The maximum Gasteiger partial charge on any atom is 0.0557 e. The van der Waals surface area contributed by atoms with Crippen LogP contribution in [0, 0.1) is 5.41 Å².